The minimum atomic E-state index is -0.641. The van der Waals surface area contributed by atoms with Crippen LogP contribution in [0.25, 0.3) is 10.8 Å². The number of hydrogen-bond acceptors (Lipinski definition) is 4. The van der Waals surface area contributed by atoms with Gasteiger partial charge >= 0.3 is 0 Å². The van der Waals surface area contributed by atoms with Crippen LogP contribution in [0.2, 0.25) is 0 Å². The van der Waals surface area contributed by atoms with Crippen LogP contribution >= 0.6 is 0 Å². The minimum absolute atomic E-state index is 0.0467. The van der Waals surface area contributed by atoms with Crippen LogP contribution in [0.1, 0.15) is 35.3 Å². The van der Waals surface area contributed by atoms with E-state index < -0.39 is 17.9 Å². The van der Waals surface area contributed by atoms with Crippen LogP contribution in [0, 0.1) is 0 Å². The molecule has 4 N–H and O–H groups in total. The zero-order valence-corrected chi connectivity index (χ0v) is 15.8. The number of benzene rings is 3. The maximum absolute atomic E-state index is 12.4. The summed E-state index contributed by atoms with van der Waals surface area (Å²) in [4.78, 5) is 36.2. The maximum atomic E-state index is 12.4. The summed E-state index contributed by atoms with van der Waals surface area (Å²) in [6, 6.07) is 18.9. The lowest BCUT2D eigenvalue weighted by atomic mass is 10.0. The number of hydrogen-bond donors (Lipinski definition) is 4. The third-order valence-corrected chi connectivity index (χ3v) is 4.39. The van der Waals surface area contributed by atoms with Gasteiger partial charge in [0.1, 0.15) is 5.75 Å². The fourth-order valence-corrected chi connectivity index (χ4v) is 3.02. The molecule has 3 aromatic rings. The molecule has 0 saturated heterocycles. The van der Waals surface area contributed by atoms with Gasteiger partial charge in [-0.1, -0.05) is 54.6 Å². The standard InChI is InChI=1S/C22H21N3O4/c1-14(26)23-19(15-7-3-2-4-8-15)13-21(28)24-25-22(29)18-11-16-9-5-6-10-17(16)12-20(18)27/h2-12,19,27H,13H2,1H3,(H,23,26)(H,24,28)(H,25,29)/t19-/m1/s1. The highest BCUT2D eigenvalue weighted by Gasteiger charge is 2.18. The first kappa shape index (κ1) is 19.9. The largest absolute Gasteiger partial charge is 0.507 e. The fraction of sp³-hybridized carbons (Fsp3) is 0.136. The van der Waals surface area contributed by atoms with Crippen molar-refractivity contribution in [2.24, 2.45) is 0 Å². The molecule has 3 amide bonds. The van der Waals surface area contributed by atoms with Crippen molar-refractivity contribution >= 4 is 28.5 Å². The van der Waals surface area contributed by atoms with Gasteiger partial charge in [0.05, 0.1) is 18.0 Å². The number of carbonyl (C=O) groups excluding carboxylic acids is 3. The number of amides is 3. The first-order chi connectivity index (χ1) is 13.9. The van der Waals surface area contributed by atoms with Gasteiger partial charge in [0.15, 0.2) is 0 Å². The molecule has 148 valence electrons. The number of fused-ring (bicyclic) bond motifs is 1. The Balaban J connectivity index is 1.65. The second-order valence-corrected chi connectivity index (χ2v) is 6.59. The van der Waals surface area contributed by atoms with E-state index in [4.69, 9.17) is 0 Å². The smallest absolute Gasteiger partial charge is 0.273 e. The van der Waals surface area contributed by atoms with Gasteiger partial charge in [0, 0.05) is 6.92 Å². The molecule has 0 spiro atoms. The quantitative estimate of drug-likeness (QED) is 0.501. The van der Waals surface area contributed by atoms with Crippen LogP contribution in [0.15, 0.2) is 66.7 Å². The molecule has 7 nitrogen and oxygen atoms in total. The Morgan fingerprint density at radius 3 is 2.17 bits per heavy atom. The Bertz CT molecular complexity index is 1050. The summed E-state index contributed by atoms with van der Waals surface area (Å²) < 4.78 is 0. The lowest BCUT2D eigenvalue weighted by Gasteiger charge is -2.18. The third kappa shape index (κ3) is 5.10. The summed E-state index contributed by atoms with van der Waals surface area (Å²) in [7, 11) is 0. The van der Waals surface area contributed by atoms with Crippen molar-refractivity contribution in [3.63, 3.8) is 0 Å². The summed E-state index contributed by atoms with van der Waals surface area (Å²) in [6.07, 6.45) is -0.0619. The summed E-state index contributed by atoms with van der Waals surface area (Å²) >= 11 is 0. The van der Waals surface area contributed by atoms with Crippen molar-refractivity contribution < 1.29 is 19.5 Å². The Hall–Kier alpha value is -3.87. The van der Waals surface area contributed by atoms with Crippen LogP contribution < -0.4 is 16.2 Å². The number of aromatic hydroxyl groups is 1. The predicted octanol–water partition coefficient (Wildman–Crippen LogP) is 2.57. The van der Waals surface area contributed by atoms with Crippen LogP contribution in [0.4, 0.5) is 0 Å². The van der Waals surface area contributed by atoms with E-state index in [0.717, 1.165) is 16.3 Å². The van der Waals surface area contributed by atoms with Crippen LogP contribution in [0.3, 0.4) is 0 Å². The summed E-state index contributed by atoms with van der Waals surface area (Å²) in [6.45, 7) is 1.37. The number of nitrogens with one attached hydrogen (secondary N) is 3. The number of rotatable bonds is 5. The van der Waals surface area contributed by atoms with E-state index in [-0.39, 0.29) is 23.6 Å². The lowest BCUT2D eigenvalue weighted by molar-refractivity contribution is -0.123. The van der Waals surface area contributed by atoms with E-state index in [0.29, 0.717) is 0 Å². The number of carbonyl (C=O) groups is 3. The van der Waals surface area contributed by atoms with Crippen molar-refractivity contribution in [1.29, 1.82) is 0 Å². The Morgan fingerprint density at radius 2 is 1.52 bits per heavy atom. The van der Waals surface area contributed by atoms with Gasteiger partial charge in [-0.3, -0.25) is 25.2 Å². The topological polar surface area (TPSA) is 108 Å². The van der Waals surface area contributed by atoms with E-state index in [1.807, 2.05) is 42.5 Å². The van der Waals surface area contributed by atoms with Crippen molar-refractivity contribution in [3.05, 3.63) is 77.9 Å². The molecule has 1 atom stereocenters. The van der Waals surface area contributed by atoms with Crippen molar-refractivity contribution in [2.45, 2.75) is 19.4 Å². The Morgan fingerprint density at radius 1 is 0.897 bits per heavy atom. The van der Waals surface area contributed by atoms with Gasteiger partial charge in [-0.05, 0) is 28.5 Å². The number of phenolic OH excluding ortho intramolecular Hbond substituents is 1. The van der Waals surface area contributed by atoms with Crippen molar-refractivity contribution in [2.75, 3.05) is 0 Å². The highest BCUT2D eigenvalue weighted by atomic mass is 16.3. The number of phenols is 1. The molecule has 0 fully saturated rings. The van der Waals surface area contributed by atoms with Crippen LogP contribution in [-0.2, 0) is 9.59 Å². The summed E-state index contributed by atoms with van der Waals surface area (Å²) in [5.74, 6) is -1.58. The van der Waals surface area contributed by atoms with E-state index in [9.17, 15) is 19.5 Å². The minimum Gasteiger partial charge on any atom is -0.507 e. The Labute approximate surface area is 167 Å². The average molecular weight is 391 g/mol. The zero-order chi connectivity index (χ0) is 20.8. The van der Waals surface area contributed by atoms with Crippen LogP contribution in [-0.4, -0.2) is 22.8 Å². The molecule has 3 rings (SSSR count). The highest BCUT2D eigenvalue weighted by Crippen LogP contribution is 2.24. The molecule has 0 aliphatic heterocycles. The second kappa shape index (κ2) is 8.88. The van der Waals surface area contributed by atoms with Gasteiger partial charge < -0.3 is 10.4 Å². The average Bonchev–Trinajstić information content (AvgIpc) is 2.71. The number of hydrazine groups is 1. The monoisotopic (exact) mass is 391 g/mol. The van der Waals surface area contributed by atoms with Gasteiger partial charge in [0.25, 0.3) is 5.91 Å². The third-order valence-electron chi connectivity index (χ3n) is 4.39. The summed E-state index contributed by atoms with van der Waals surface area (Å²) in [5, 5.41) is 14.4. The van der Waals surface area contributed by atoms with Crippen molar-refractivity contribution in [1.82, 2.24) is 16.2 Å². The van der Waals surface area contributed by atoms with Crippen LogP contribution in [0.5, 0.6) is 5.75 Å². The second-order valence-electron chi connectivity index (χ2n) is 6.59. The zero-order valence-electron chi connectivity index (χ0n) is 15.8. The highest BCUT2D eigenvalue weighted by molar-refractivity contribution is 6.02. The molecule has 0 bridgehead atoms. The molecule has 0 heterocycles. The normalized spacial score (nSPS) is 11.5. The van der Waals surface area contributed by atoms with Crippen molar-refractivity contribution in [3.8, 4) is 5.75 Å². The van der Waals surface area contributed by atoms with E-state index in [1.165, 1.54) is 13.0 Å². The molecule has 0 aromatic heterocycles. The molecule has 7 heteroatoms. The molecule has 0 saturated carbocycles. The molecular formula is C22H21N3O4. The predicted molar refractivity (Wildman–Crippen MR) is 109 cm³/mol. The molecule has 0 radical (unpaired) electrons. The maximum Gasteiger partial charge on any atom is 0.273 e. The fourth-order valence-electron chi connectivity index (χ4n) is 3.02. The molecule has 0 aliphatic rings. The first-order valence-electron chi connectivity index (χ1n) is 9.07. The van der Waals surface area contributed by atoms with Gasteiger partial charge in [-0.15, -0.1) is 0 Å². The first-order valence-corrected chi connectivity index (χ1v) is 9.07. The van der Waals surface area contributed by atoms with E-state index >= 15 is 0 Å². The SMILES string of the molecule is CC(=O)N[C@H](CC(=O)NNC(=O)c1cc2ccccc2cc1O)c1ccccc1. The molecule has 0 unspecified atom stereocenters. The molecule has 0 aliphatic carbocycles. The molecular weight excluding hydrogens is 370 g/mol. The van der Waals surface area contributed by atoms with Gasteiger partial charge in [0.2, 0.25) is 11.8 Å². The molecule has 3 aromatic carbocycles. The Kier molecular flexibility index (Phi) is 6.09. The summed E-state index contributed by atoms with van der Waals surface area (Å²) in [5.41, 5.74) is 5.45. The molecule has 29 heavy (non-hydrogen) atoms. The lowest BCUT2D eigenvalue weighted by Crippen LogP contribution is -2.43. The van der Waals surface area contributed by atoms with E-state index in [2.05, 4.69) is 16.2 Å². The van der Waals surface area contributed by atoms with Gasteiger partial charge in [-0.2, -0.15) is 0 Å². The van der Waals surface area contributed by atoms with Gasteiger partial charge in [-0.25, -0.2) is 0 Å². The van der Waals surface area contributed by atoms with E-state index in [1.54, 1.807) is 18.2 Å².